The third kappa shape index (κ3) is 4.29. The first-order valence-electron chi connectivity index (χ1n) is 5.61. The molecule has 0 aromatic rings. The molecule has 5 nitrogen and oxygen atoms in total. The van der Waals surface area contributed by atoms with E-state index in [9.17, 15) is 9.59 Å². The van der Waals surface area contributed by atoms with E-state index >= 15 is 0 Å². The summed E-state index contributed by atoms with van der Waals surface area (Å²) in [6.45, 7) is 4.35. The molecular formula is C10H20N3O2+. The Labute approximate surface area is 90.0 Å². The zero-order valence-electron chi connectivity index (χ0n) is 9.21. The Balaban J connectivity index is 2.21. The third-order valence-corrected chi connectivity index (χ3v) is 2.49. The van der Waals surface area contributed by atoms with Crippen LogP contribution in [0.15, 0.2) is 0 Å². The third-order valence-electron chi connectivity index (χ3n) is 2.49. The van der Waals surface area contributed by atoms with E-state index < -0.39 is 0 Å². The zero-order chi connectivity index (χ0) is 11.1. The molecule has 0 aromatic carbocycles. The summed E-state index contributed by atoms with van der Waals surface area (Å²) in [6, 6.07) is -0.236. The number of rotatable bonds is 5. The molecule has 0 radical (unpaired) electrons. The van der Waals surface area contributed by atoms with Crippen LogP contribution in [-0.4, -0.2) is 37.5 Å². The van der Waals surface area contributed by atoms with Gasteiger partial charge in [-0.25, -0.2) is 0 Å². The second-order valence-electron chi connectivity index (χ2n) is 3.83. The summed E-state index contributed by atoms with van der Waals surface area (Å²) < 4.78 is 0. The van der Waals surface area contributed by atoms with Gasteiger partial charge in [0.1, 0.15) is 0 Å². The lowest BCUT2D eigenvalue weighted by atomic mass is 10.1. The van der Waals surface area contributed by atoms with Gasteiger partial charge in [-0.2, -0.15) is 0 Å². The van der Waals surface area contributed by atoms with Gasteiger partial charge in [-0.15, -0.1) is 0 Å². The Hall–Kier alpha value is -1.10. The van der Waals surface area contributed by atoms with Gasteiger partial charge in [-0.05, 0) is 6.42 Å². The van der Waals surface area contributed by atoms with Gasteiger partial charge in [-0.1, -0.05) is 13.3 Å². The standard InChI is InChI=1S/C10H19N3O2/c1-2-3-4-12-9(14)7-8-10(15)13-6-5-11-8/h8,11H,2-7H2,1H3,(H,12,14)(H,13,15)/p+1/t8-/m0/s1. The van der Waals surface area contributed by atoms with Crippen molar-refractivity contribution in [2.45, 2.75) is 32.2 Å². The fourth-order valence-electron chi connectivity index (χ4n) is 1.57. The molecule has 0 unspecified atom stereocenters. The summed E-state index contributed by atoms with van der Waals surface area (Å²) in [6.07, 6.45) is 2.35. The van der Waals surface area contributed by atoms with E-state index in [2.05, 4.69) is 17.6 Å². The van der Waals surface area contributed by atoms with Crippen LogP contribution < -0.4 is 16.0 Å². The SMILES string of the molecule is CCCCNC(=O)C[C@@H]1[NH2+]CCNC1=O. The Bertz CT molecular complexity index is 231. The van der Waals surface area contributed by atoms with E-state index in [-0.39, 0.29) is 24.3 Å². The van der Waals surface area contributed by atoms with E-state index in [0.29, 0.717) is 13.1 Å². The summed E-state index contributed by atoms with van der Waals surface area (Å²) in [4.78, 5) is 22.8. The smallest absolute Gasteiger partial charge is 0.278 e. The van der Waals surface area contributed by atoms with Crippen molar-refractivity contribution in [2.24, 2.45) is 0 Å². The minimum Gasteiger partial charge on any atom is -0.356 e. The zero-order valence-corrected chi connectivity index (χ0v) is 9.21. The average Bonchev–Trinajstić information content (AvgIpc) is 2.22. The predicted octanol–water partition coefficient (Wildman–Crippen LogP) is -1.65. The lowest BCUT2D eigenvalue weighted by molar-refractivity contribution is -0.678. The van der Waals surface area contributed by atoms with Gasteiger partial charge >= 0.3 is 0 Å². The molecule has 1 heterocycles. The number of quaternary nitrogens is 1. The molecule has 0 bridgehead atoms. The molecule has 0 aliphatic carbocycles. The molecule has 0 aromatic heterocycles. The summed E-state index contributed by atoms with van der Waals surface area (Å²) >= 11 is 0. The first-order chi connectivity index (χ1) is 7.24. The van der Waals surface area contributed by atoms with Crippen molar-refractivity contribution in [2.75, 3.05) is 19.6 Å². The monoisotopic (exact) mass is 214 g/mol. The Morgan fingerprint density at radius 2 is 2.47 bits per heavy atom. The van der Waals surface area contributed by atoms with Crippen LogP contribution in [0.2, 0.25) is 0 Å². The number of nitrogens with two attached hydrogens (primary N) is 1. The quantitative estimate of drug-likeness (QED) is 0.480. The molecular weight excluding hydrogens is 194 g/mol. The maximum Gasteiger partial charge on any atom is 0.278 e. The highest BCUT2D eigenvalue weighted by atomic mass is 16.2. The number of hydrogen-bond donors (Lipinski definition) is 3. The van der Waals surface area contributed by atoms with Gasteiger partial charge < -0.3 is 16.0 Å². The van der Waals surface area contributed by atoms with E-state index in [1.807, 2.05) is 5.32 Å². The molecule has 1 rings (SSSR count). The van der Waals surface area contributed by atoms with E-state index in [4.69, 9.17) is 0 Å². The number of amides is 2. The normalized spacial score (nSPS) is 20.9. The molecule has 1 aliphatic rings. The first-order valence-corrected chi connectivity index (χ1v) is 5.61. The highest BCUT2D eigenvalue weighted by molar-refractivity contribution is 5.87. The predicted molar refractivity (Wildman–Crippen MR) is 56.1 cm³/mol. The Kier molecular flexibility index (Phi) is 5.10. The lowest BCUT2D eigenvalue weighted by Crippen LogP contribution is -2.96. The van der Waals surface area contributed by atoms with Crippen molar-refractivity contribution in [3.8, 4) is 0 Å². The van der Waals surface area contributed by atoms with Gasteiger partial charge in [0.2, 0.25) is 5.91 Å². The van der Waals surface area contributed by atoms with E-state index in [1.165, 1.54) is 0 Å². The number of carbonyl (C=O) groups is 2. The number of nitrogens with one attached hydrogen (secondary N) is 2. The summed E-state index contributed by atoms with van der Waals surface area (Å²) in [5, 5.41) is 7.50. The number of carbonyl (C=O) groups excluding carboxylic acids is 2. The van der Waals surface area contributed by atoms with Crippen molar-refractivity contribution in [1.29, 1.82) is 0 Å². The molecule has 15 heavy (non-hydrogen) atoms. The van der Waals surface area contributed by atoms with Crippen LogP contribution in [-0.2, 0) is 9.59 Å². The van der Waals surface area contributed by atoms with Gasteiger partial charge in [0.25, 0.3) is 5.91 Å². The highest BCUT2D eigenvalue weighted by Gasteiger charge is 2.27. The van der Waals surface area contributed by atoms with Gasteiger partial charge in [0.15, 0.2) is 6.04 Å². The molecule has 2 amide bonds. The van der Waals surface area contributed by atoms with Crippen molar-refractivity contribution >= 4 is 11.8 Å². The van der Waals surface area contributed by atoms with Crippen LogP contribution >= 0.6 is 0 Å². The summed E-state index contributed by atoms with van der Waals surface area (Å²) in [7, 11) is 0. The van der Waals surface area contributed by atoms with Crippen molar-refractivity contribution in [1.82, 2.24) is 10.6 Å². The van der Waals surface area contributed by atoms with Crippen LogP contribution in [0.5, 0.6) is 0 Å². The minimum absolute atomic E-state index is 0.0214. The van der Waals surface area contributed by atoms with Crippen LogP contribution in [0.3, 0.4) is 0 Å². The molecule has 5 heteroatoms. The topological polar surface area (TPSA) is 74.8 Å². The molecule has 86 valence electrons. The molecule has 1 atom stereocenters. The first kappa shape index (κ1) is 12.0. The van der Waals surface area contributed by atoms with Gasteiger partial charge in [-0.3, -0.25) is 9.59 Å². The van der Waals surface area contributed by atoms with Crippen molar-refractivity contribution in [3.05, 3.63) is 0 Å². The largest absolute Gasteiger partial charge is 0.356 e. The number of hydrogen-bond acceptors (Lipinski definition) is 2. The van der Waals surface area contributed by atoms with Crippen molar-refractivity contribution in [3.63, 3.8) is 0 Å². The Morgan fingerprint density at radius 1 is 1.67 bits per heavy atom. The van der Waals surface area contributed by atoms with Crippen LogP contribution in [0.25, 0.3) is 0 Å². The fourth-order valence-corrected chi connectivity index (χ4v) is 1.57. The molecule has 4 N–H and O–H groups in total. The average molecular weight is 214 g/mol. The summed E-state index contributed by atoms with van der Waals surface area (Å²) in [5.74, 6) is -0.0476. The molecule has 0 spiro atoms. The fraction of sp³-hybridized carbons (Fsp3) is 0.800. The lowest BCUT2D eigenvalue weighted by Gasteiger charge is -2.19. The van der Waals surface area contributed by atoms with Crippen molar-refractivity contribution < 1.29 is 14.9 Å². The summed E-state index contributed by atoms with van der Waals surface area (Å²) in [5.41, 5.74) is 0. The number of piperazine rings is 1. The number of unbranched alkanes of at least 4 members (excludes halogenated alkanes) is 1. The minimum atomic E-state index is -0.236. The Morgan fingerprint density at radius 3 is 3.13 bits per heavy atom. The second kappa shape index (κ2) is 6.40. The van der Waals surface area contributed by atoms with Gasteiger partial charge in [0, 0.05) is 6.54 Å². The molecule has 1 fully saturated rings. The molecule has 1 saturated heterocycles. The van der Waals surface area contributed by atoms with Crippen LogP contribution in [0, 0.1) is 0 Å². The second-order valence-corrected chi connectivity index (χ2v) is 3.83. The van der Waals surface area contributed by atoms with E-state index in [0.717, 1.165) is 19.4 Å². The molecule has 1 aliphatic heterocycles. The van der Waals surface area contributed by atoms with Crippen LogP contribution in [0.4, 0.5) is 0 Å². The maximum absolute atomic E-state index is 11.4. The highest BCUT2D eigenvalue weighted by Crippen LogP contribution is 1.90. The van der Waals surface area contributed by atoms with Crippen LogP contribution in [0.1, 0.15) is 26.2 Å². The van der Waals surface area contributed by atoms with Gasteiger partial charge in [0.05, 0.1) is 19.5 Å². The van der Waals surface area contributed by atoms with E-state index in [1.54, 1.807) is 0 Å². The maximum atomic E-state index is 11.4. The molecule has 0 saturated carbocycles.